The molecule has 2 aliphatic carbocycles. The highest BCUT2D eigenvalue weighted by atomic mass is 16.7. The molecule has 18 heavy (non-hydrogen) atoms. The molecule has 0 bridgehead atoms. The second-order valence-electron chi connectivity index (χ2n) is 7.13. The van der Waals surface area contributed by atoms with E-state index >= 15 is 0 Å². The van der Waals surface area contributed by atoms with Gasteiger partial charge in [-0.1, -0.05) is 13.8 Å². The molecule has 2 unspecified atom stereocenters. The van der Waals surface area contributed by atoms with E-state index in [0.29, 0.717) is 6.10 Å². The van der Waals surface area contributed by atoms with Gasteiger partial charge in [0, 0.05) is 24.9 Å². The summed E-state index contributed by atoms with van der Waals surface area (Å²) < 4.78 is 18.0. The molecular formula is C15H26O3. The second kappa shape index (κ2) is 4.46. The van der Waals surface area contributed by atoms with E-state index < -0.39 is 0 Å². The zero-order valence-electron chi connectivity index (χ0n) is 11.9. The lowest BCUT2D eigenvalue weighted by atomic mass is 9.94. The first-order chi connectivity index (χ1) is 8.52. The van der Waals surface area contributed by atoms with Crippen molar-refractivity contribution in [2.75, 3.05) is 19.8 Å². The van der Waals surface area contributed by atoms with Crippen LogP contribution in [-0.4, -0.2) is 31.7 Å². The monoisotopic (exact) mass is 254 g/mol. The Morgan fingerprint density at radius 2 is 1.61 bits per heavy atom. The molecule has 104 valence electrons. The summed E-state index contributed by atoms with van der Waals surface area (Å²) in [6, 6.07) is 0. The Morgan fingerprint density at radius 1 is 1.06 bits per heavy atom. The van der Waals surface area contributed by atoms with Crippen LogP contribution in [0.25, 0.3) is 0 Å². The van der Waals surface area contributed by atoms with Gasteiger partial charge in [-0.05, 0) is 31.6 Å². The number of hydrogen-bond donors (Lipinski definition) is 0. The van der Waals surface area contributed by atoms with E-state index in [2.05, 4.69) is 20.8 Å². The minimum absolute atomic E-state index is 0.177. The minimum Gasteiger partial charge on any atom is -0.378 e. The van der Waals surface area contributed by atoms with Gasteiger partial charge < -0.3 is 14.2 Å². The van der Waals surface area contributed by atoms with Crippen molar-refractivity contribution in [3.05, 3.63) is 0 Å². The second-order valence-corrected chi connectivity index (χ2v) is 7.13. The van der Waals surface area contributed by atoms with Crippen molar-refractivity contribution in [1.82, 2.24) is 0 Å². The fourth-order valence-corrected chi connectivity index (χ4v) is 3.88. The molecule has 0 aromatic heterocycles. The molecule has 2 saturated carbocycles. The van der Waals surface area contributed by atoms with Crippen molar-refractivity contribution in [2.45, 2.75) is 58.3 Å². The summed E-state index contributed by atoms with van der Waals surface area (Å²) in [6.07, 6.45) is 5.06. The molecule has 3 rings (SSSR count). The molecule has 0 N–H and O–H groups in total. The standard InChI is InChI=1S/C15H26O3/c1-4-16-13-5-11-7-15(8-12(11)6-13)17-9-14(2,3)10-18-15/h11-13H,4-10H2,1-3H3. The molecule has 2 atom stereocenters. The van der Waals surface area contributed by atoms with Crippen LogP contribution in [0.15, 0.2) is 0 Å². The smallest absolute Gasteiger partial charge is 0.168 e. The lowest BCUT2D eigenvalue weighted by Gasteiger charge is -2.42. The third-order valence-electron chi connectivity index (χ3n) is 4.80. The predicted octanol–water partition coefficient (Wildman–Crippen LogP) is 2.98. The van der Waals surface area contributed by atoms with Crippen molar-refractivity contribution >= 4 is 0 Å². The van der Waals surface area contributed by atoms with Gasteiger partial charge in [0.05, 0.1) is 19.3 Å². The van der Waals surface area contributed by atoms with E-state index in [4.69, 9.17) is 14.2 Å². The van der Waals surface area contributed by atoms with Gasteiger partial charge >= 0.3 is 0 Å². The molecule has 1 saturated heterocycles. The summed E-state index contributed by atoms with van der Waals surface area (Å²) >= 11 is 0. The predicted molar refractivity (Wildman–Crippen MR) is 69.3 cm³/mol. The van der Waals surface area contributed by atoms with E-state index in [0.717, 1.165) is 44.5 Å². The van der Waals surface area contributed by atoms with E-state index in [-0.39, 0.29) is 11.2 Å². The van der Waals surface area contributed by atoms with E-state index in [9.17, 15) is 0 Å². The highest BCUT2D eigenvalue weighted by Crippen LogP contribution is 2.53. The van der Waals surface area contributed by atoms with Crippen LogP contribution in [0.2, 0.25) is 0 Å². The molecule has 1 heterocycles. The Hall–Kier alpha value is -0.120. The maximum Gasteiger partial charge on any atom is 0.168 e. The summed E-state index contributed by atoms with van der Waals surface area (Å²) in [4.78, 5) is 0. The number of ether oxygens (including phenoxy) is 3. The molecule has 0 aromatic carbocycles. The molecule has 1 aliphatic heterocycles. The first-order valence-corrected chi connectivity index (χ1v) is 7.41. The van der Waals surface area contributed by atoms with Gasteiger partial charge in [-0.2, -0.15) is 0 Å². The van der Waals surface area contributed by atoms with Gasteiger partial charge in [0.1, 0.15) is 0 Å². The highest BCUT2D eigenvalue weighted by Gasteiger charge is 2.53. The zero-order chi connectivity index (χ0) is 12.8. The van der Waals surface area contributed by atoms with Crippen molar-refractivity contribution < 1.29 is 14.2 Å². The lowest BCUT2D eigenvalue weighted by Crippen LogP contribution is -2.46. The van der Waals surface area contributed by atoms with E-state index in [1.807, 2.05) is 0 Å². The summed E-state index contributed by atoms with van der Waals surface area (Å²) in [7, 11) is 0. The Kier molecular flexibility index (Phi) is 3.20. The molecule has 3 fully saturated rings. The molecule has 3 nitrogen and oxygen atoms in total. The van der Waals surface area contributed by atoms with Crippen LogP contribution in [0.3, 0.4) is 0 Å². The molecule has 0 aromatic rings. The first-order valence-electron chi connectivity index (χ1n) is 7.41. The normalized spacial score (nSPS) is 41.2. The van der Waals surface area contributed by atoms with Crippen LogP contribution < -0.4 is 0 Å². The number of hydrogen-bond acceptors (Lipinski definition) is 3. The fourth-order valence-electron chi connectivity index (χ4n) is 3.88. The molecule has 1 spiro atoms. The first kappa shape index (κ1) is 12.9. The van der Waals surface area contributed by atoms with Crippen LogP contribution in [0.1, 0.15) is 46.5 Å². The molecule has 3 aliphatic rings. The molecule has 3 heteroatoms. The summed E-state index contributed by atoms with van der Waals surface area (Å²) in [5.41, 5.74) is 0.177. The minimum atomic E-state index is -0.248. The number of fused-ring (bicyclic) bond motifs is 1. The maximum absolute atomic E-state index is 6.11. The van der Waals surface area contributed by atoms with Gasteiger partial charge in [0.2, 0.25) is 0 Å². The van der Waals surface area contributed by atoms with Crippen LogP contribution in [0, 0.1) is 17.3 Å². The molecule has 0 radical (unpaired) electrons. The SMILES string of the molecule is CCOC1CC2CC3(CC2C1)OCC(C)(C)CO3. The van der Waals surface area contributed by atoms with Crippen molar-refractivity contribution in [2.24, 2.45) is 17.3 Å². The van der Waals surface area contributed by atoms with Crippen LogP contribution in [0.4, 0.5) is 0 Å². The van der Waals surface area contributed by atoms with Gasteiger partial charge in [-0.3, -0.25) is 0 Å². The van der Waals surface area contributed by atoms with Gasteiger partial charge in [-0.15, -0.1) is 0 Å². The van der Waals surface area contributed by atoms with Crippen molar-refractivity contribution in [3.8, 4) is 0 Å². The number of rotatable bonds is 2. The average molecular weight is 254 g/mol. The van der Waals surface area contributed by atoms with Crippen LogP contribution in [-0.2, 0) is 14.2 Å². The Balaban J connectivity index is 1.58. The van der Waals surface area contributed by atoms with Gasteiger partial charge in [0.25, 0.3) is 0 Å². The molecule has 0 amide bonds. The largest absolute Gasteiger partial charge is 0.378 e. The zero-order valence-corrected chi connectivity index (χ0v) is 11.9. The van der Waals surface area contributed by atoms with Crippen LogP contribution >= 0.6 is 0 Å². The average Bonchev–Trinajstić information content (AvgIpc) is 2.79. The van der Waals surface area contributed by atoms with Gasteiger partial charge in [0.15, 0.2) is 5.79 Å². The van der Waals surface area contributed by atoms with Crippen molar-refractivity contribution in [3.63, 3.8) is 0 Å². The third-order valence-corrected chi connectivity index (χ3v) is 4.80. The lowest BCUT2D eigenvalue weighted by molar-refractivity contribution is -0.297. The van der Waals surface area contributed by atoms with E-state index in [1.165, 1.54) is 12.8 Å². The Bertz CT molecular complexity index is 287. The highest BCUT2D eigenvalue weighted by molar-refractivity contribution is 4.98. The van der Waals surface area contributed by atoms with Gasteiger partial charge in [-0.25, -0.2) is 0 Å². The summed E-state index contributed by atoms with van der Waals surface area (Å²) in [5.74, 6) is 1.26. The maximum atomic E-state index is 6.11. The summed E-state index contributed by atoms with van der Waals surface area (Å²) in [6.45, 7) is 9.02. The van der Waals surface area contributed by atoms with Crippen LogP contribution in [0.5, 0.6) is 0 Å². The Labute approximate surface area is 110 Å². The fraction of sp³-hybridized carbons (Fsp3) is 1.00. The molecular weight excluding hydrogens is 228 g/mol. The topological polar surface area (TPSA) is 27.7 Å². The van der Waals surface area contributed by atoms with Crippen molar-refractivity contribution in [1.29, 1.82) is 0 Å². The van der Waals surface area contributed by atoms with E-state index in [1.54, 1.807) is 0 Å². The quantitative estimate of drug-likeness (QED) is 0.758. The Morgan fingerprint density at radius 3 is 2.11 bits per heavy atom. The summed E-state index contributed by atoms with van der Waals surface area (Å²) in [5, 5.41) is 0. The third kappa shape index (κ3) is 2.33.